The second-order valence-corrected chi connectivity index (χ2v) is 10.7. The second-order valence-electron chi connectivity index (χ2n) is 10.7. The molecule has 0 aliphatic rings. The average molecular weight is 609 g/mol. The first kappa shape index (κ1) is 32.8. The van der Waals surface area contributed by atoms with Crippen molar-refractivity contribution in [3.05, 3.63) is 126 Å². The third-order valence-corrected chi connectivity index (χ3v) is 7.23. The first-order valence-electron chi connectivity index (χ1n) is 15.2. The van der Waals surface area contributed by atoms with Gasteiger partial charge in [-0.3, -0.25) is 14.8 Å². The molecule has 0 spiro atoms. The molecule has 0 heterocycles. The van der Waals surface area contributed by atoms with Gasteiger partial charge in [0.05, 0.1) is 0 Å². The minimum absolute atomic E-state index is 0.212. The fourth-order valence-electron chi connectivity index (χ4n) is 4.84. The van der Waals surface area contributed by atoms with Gasteiger partial charge in [0.15, 0.2) is 0 Å². The molecule has 3 N–H and O–H groups in total. The van der Waals surface area contributed by atoms with E-state index in [0.717, 1.165) is 24.8 Å². The molecular formula is C36H40N4O5. The highest BCUT2D eigenvalue weighted by atomic mass is 16.5. The Morgan fingerprint density at radius 2 is 1.13 bits per heavy atom. The third kappa shape index (κ3) is 11.5. The lowest BCUT2D eigenvalue weighted by molar-refractivity contribution is -0.139. The Morgan fingerprint density at radius 3 is 1.73 bits per heavy atom. The number of benzene rings is 4. The molecule has 0 aliphatic heterocycles. The number of nitrogens with one attached hydrogen (secondary N) is 2. The summed E-state index contributed by atoms with van der Waals surface area (Å²) in [6.45, 7) is 0.129. The van der Waals surface area contributed by atoms with E-state index in [1.54, 1.807) is 29.7 Å². The maximum Gasteiger partial charge on any atom is 0.322 e. The van der Waals surface area contributed by atoms with E-state index in [4.69, 9.17) is 9.94 Å². The molecule has 4 aromatic carbocycles. The molecule has 0 bridgehead atoms. The molecule has 4 aromatic rings. The number of nitrogens with zero attached hydrogens (tertiary/aromatic N) is 2. The van der Waals surface area contributed by atoms with E-state index in [1.165, 1.54) is 15.4 Å². The number of hydroxylamine groups is 1. The number of amides is 4. The quantitative estimate of drug-likeness (QED) is 0.0785. The fraction of sp³-hybridized carbons (Fsp3) is 0.250. The first-order valence-corrected chi connectivity index (χ1v) is 15.2. The van der Waals surface area contributed by atoms with E-state index in [1.807, 2.05) is 78.9 Å². The predicted octanol–water partition coefficient (Wildman–Crippen LogP) is 6.30. The van der Waals surface area contributed by atoms with Crippen molar-refractivity contribution in [3.63, 3.8) is 0 Å². The van der Waals surface area contributed by atoms with Gasteiger partial charge in [-0.2, -0.15) is 0 Å². The van der Waals surface area contributed by atoms with Gasteiger partial charge < -0.3 is 19.9 Å². The lowest BCUT2D eigenvalue weighted by atomic mass is 10.1. The van der Waals surface area contributed by atoms with Crippen LogP contribution in [0.5, 0.6) is 11.5 Å². The Labute approximate surface area is 264 Å². The van der Waals surface area contributed by atoms with Gasteiger partial charge in [0.2, 0.25) is 5.91 Å². The first-order chi connectivity index (χ1) is 22.0. The van der Waals surface area contributed by atoms with Crippen LogP contribution in [-0.2, 0) is 22.4 Å². The van der Waals surface area contributed by atoms with Crippen LogP contribution in [0.4, 0.5) is 10.5 Å². The molecule has 4 rings (SSSR count). The zero-order valence-corrected chi connectivity index (χ0v) is 25.3. The fourth-order valence-corrected chi connectivity index (χ4v) is 4.84. The van der Waals surface area contributed by atoms with Crippen LogP contribution >= 0.6 is 0 Å². The highest BCUT2D eigenvalue weighted by Gasteiger charge is 2.23. The average Bonchev–Trinajstić information content (AvgIpc) is 3.07. The number of para-hydroxylation sites is 1. The number of urea groups is 1. The van der Waals surface area contributed by atoms with E-state index in [-0.39, 0.29) is 19.0 Å². The van der Waals surface area contributed by atoms with Crippen LogP contribution in [0.15, 0.2) is 115 Å². The highest BCUT2D eigenvalue weighted by molar-refractivity contribution is 5.93. The molecule has 0 atom stereocenters. The van der Waals surface area contributed by atoms with E-state index in [9.17, 15) is 14.4 Å². The van der Waals surface area contributed by atoms with Crippen molar-refractivity contribution in [3.8, 4) is 11.5 Å². The summed E-state index contributed by atoms with van der Waals surface area (Å²) in [5, 5.41) is 12.0. The summed E-state index contributed by atoms with van der Waals surface area (Å²) in [6.07, 6.45) is 3.72. The lowest BCUT2D eigenvalue weighted by Gasteiger charge is -2.27. The van der Waals surface area contributed by atoms with E-state index in [0.29, 0.717) is 43.1 Å². The SMILES string of the molecule is O=C(CN(CCCc1ccccc1)C(=O)CN(CCCCc1ccccc1)C(=O)Nc1ccc(Oc2ccccc2)cc1)NO. The van der Waals surface area contributed by atoms with E-state index < -0.39 is 11.9 Å². The molecular weight excluding hydrogens is 568 g/mol. The summed E-state index contributed by atoms with van der Waals surface area (Å²) in [7, 11) is 0. The maximum absolute atomic E-state index is 13.5. The Bertz CT molecular complexity index is 1470. The molecule has 0 saturated carbocycles. The van der Waals surface area contributed by atoms with Gasteiger partial charge in [0.1, 0.15) is 24.6 Å². The summed E-state index contributed by atoms with van der Waals surface area (Å²) in [5.74, 6) is 0.259. The monoisotopic (exact) mass is 608 g/mol. The molecule has 0 aromatic heterocycles. The van der Waals surface area contributed by atoms with Gasteiger partial charge >= 0.3 is 6.03 Å². The number of hydrogen-bond donors (Lipinski definition) is 3. The van der Waals surface area contributed by atoms with Crippen molar-refractivity contribution in [2.75, 3.05) is 31.5 Å². The van der Waals surface area contributed by atoms with Crippen molar-refractivity contribution in [1.29, 1.82) is 0 Å². The summed E-state index contributed by atoms with van der Waals surface area (Å²) in [6, 6.07) is 36.0. The second kappa shape index (κ2) is 17.8. The summed E-state index contributed by atoms with van der Waals surface area (Å²) >= 11 is 0. The van der Waals surface area contributed by atoms with Crippen LogP contribution in [0, 0.1) is 0 Å². The standard InChI is InChI=1S/C36H40N4O5/c41-34(38-44)27-39(26-12-18-30-15-6-2-7-16-30)35(42)28-40(25-11-10-17-29-13-4-1-5-14-29)36(43)37-31-21-23-33(24-22-31)45-32-19-8-3-9-20-32/h1-9,13-16,19-24,44H,10-12,17-18,25-28H2,(H,37,43)(H,38,41). The number of ether oxygens (including phenoxy) is 1. The molecule has 9 heteroatoms. The minimum Gasteiger partial charge on any atom is -0.457 e. The number of carbonyl (C=O) groups excluding carboxylic acids is 3. The molecule has 0 saturated heterocycles. The van der Waals surface area contributed by atoms with Crippen LogP contribution in [-0.4, -0.2) is 59.0 Å². The van der Waals surface area contributed by atoms with Gasteiger partial charge in [0.25, 0.3) is 5.91 Å². The van der Waals surface area contributed by atoms with Crippen molar-refractivity contribution in [2.24, 2.45) is 0 Å². The van der Waals surface area contributed by atoms with Gasteiger partial charge in [0, 0.05) is 18.8 Å². The topological polar surface area (TPSA) is 111 Å². The van der Waals surface area contributed by atoms with Crippen LogP contribution in [0.2, 0.25) is 0 Å². The van der Waals surface area contributed by atoms with Crippen LogP contribution in [0.25, 0.3) is 0 Å². The smallest absolute Gasteiger partial charge is 0.322 e. The number of unbranched alkanes of at least 4 members (excludes halogenated alkanes) is 1. The predicted molar refractivity (Wildman–Crippen MR) is 174 cm³/mol. The number of hydrogen-bond acceptors (Lipinski definition) is 5. The Kier molecular flexibility index (Phi) is 13.0. The zero-order chi connectivity index (χ0) is 31.7. The molecule has 0 unspecified atom stereocenters. The maximum atomic E-state index is 13.5. The summed E-state index contributed by atoms with van der Waals surface area (Å²) in [4.78, 5) is 41.9. The lowest BCUT2D eigenvalue weighted by Crippen LogP contribution is -2.47. The van der Waals surface area contributed by atoms with Gasteiger partial charge in [-0.1, -0.05) is 78.9 Å². The van der Waals surface area contributed by atoms with Crippen LogP contribution in [0.3, 0.4) is 0 Å². The van der Waals surface area contributed by atoms with Crippen molar-refractivity contribution >= 4 is 23.5 Å². The number of carbonyl (C=O) groups is 3. The molecule has 0 fully saturated rings. The summed E-state index contributed by atoms with van der Waals surface area (Å²) < 4.78 is 5.84. The van der Waals surface area contributed by atoms with E-state index >= 15 is 0 Å². The van der Waals surface area contributed by atoms with Crippen LogP contribution in [0.1, 0.15) is 30.4 Å². The largest absolute Gasteiger partial charge is 0.457 e. The molecule has 45 heavy (non-hydrogen) atoms. The molecule has 234 valence electrons. The number of rotatable bonds is 16. The van der Waals surface area contributed by atoms with Crippen LogP contribution < -0.4 is 15.5 Å². The summed E-state index contributed by atoms with van der Waals surface area (Å²) in [5.41, 5.74) is 4.50. The third-order valence-electron chi connectivity index (χ3n) is 7.23. The highest BCUT2D eigenvalue weighted by Crippen LogP contribution is 2.23. The Balaban J connectivity index is 1.40. The van der Waals surface area contributed by atoms with Gasteiger partial charge in [-0.05, 0) is 79.6 Å². The zero-order valence-electron chi connectivity index (χ0n) is 25.3. The normalized spacial score (nSPS) is 10.5. The Morgan fingerprint density at radius 1 is 0.600 bits per heavy atom. The van der Waals surface area contributed by atoms with Crippen molar-refractivity contribution in [1.82, 2.24) is 15.3 Å². The van der Waals surface area contributed by atoms with Gasteiger partial charge in [-0.15, -0.1) is 0 Å². The minimum atomic E-state index is -0.695. The molecule has 0 aliphatic carbocycles. The van der Waals surface area contributed by atoms with Crippen molar-refractivity contribution < 1.29 is 24.3 Å². The number of anilines is 1. The number of aryl methyl sites for hydroxylation is 2. The molecule has 0 radical (unpaired) electrons. The molecule has 4 amide bonds. The molecule has 9 nitrogen and oxygen atoms in total. The van der Waals surface area contributed by atoms with Crippen molar-refractivity contribution in [2.45, 2.75) is 32.1 Å². The Hall–Kier alpha value is -5.15. The van der Waals surface area contributed by atoms with E-state index in [2.05, 4.69) is 17.4 Å². The van der Waals surface area contributed by atoms with Gasteiger partial charge in [-0.25, -0.2) is 10.3 Å².